The molecule has 1 saturated heterocycles. The molecule has 2 amide bonds. The van der Waals surface area contributed by atoms with Crippen LogP contribution < -0.4 is 5.32 Å². The number of H-pyrrole nitrogens is 1. The Morgan fingerprint density at radius 3 is 2.84 bits per heavy atom. The van der Waals surface area contributed by atoms with Crippen molar-refractivity contribution in [1.29, 1.82) is 0 Å². The third-order valence-corrected chi connectivity index (χ3v) is 5.72. The molecule has 3 rings (SSSR count). The number of aromatic amines is 1. The number of carbonyl (C=O) groups excluding carboxylic acids is 1. The molecule has 2 heterocycles. The first-order valence-corrected chi connectivity index (χ1v) is 10.3. The van der Waals surface area contributed by atoms with Gasteiger partial charge in [0.05, 0.1) is 0 Å². The van der Waals surface area contributed by atoms with Crippen LogP contribution >= 0.6 is 0 Å². The Morgan fingerprint density at radius 2 is 2.16 bits per heavy atom. The molecule has 2 atom stereocenters. The molecule has 0 bridgehead atoms. The Morgan fingerprint density at radius 1 is 1.44 bits per heavy atom. The molecule has 25 heavy (non-hydrogen) atoms. The van der Waals surface area contributed by atoms with E-state index in [0.29, 0.717) is 24.8 Å². The highest BCUT2D eigenvalue weighted by molar-refractivity contribution is 7.84. The van der Waals surface area contributed by atoms with Crippen molar-refractivity contribution in [2.24, 2.45) is 0 Å². The molecule has 0 spiro atoms. The summed E-state index contributed by atoms with van der Waals surface area (Å²) in [6.45, 7) is 3.20. The van der Waals surface area contributed by atoms with E-state index in [1.807, 2.05) is 13.1 Å². The Hall–Kier alpha value is -1.89. The summed E-state index contributed by atoms with van der Waals surface area (Å²) in [6, 6.07) is 4.59. The fourth-order valence-corrected chi connectivity index (χ4v) is 4.33. The normalized spacial score (nSPS) is 18.3. The van der Waals surface area contributed by atoms with E-state index in [2.05, 4.69) is 10.3 Å². The van der Waals surface area contributed by atoms with E-state index < -0.39 is 10.8 Å². The van der Waals surface area contributed by atoms with Gasteiger partial charge in [0.15, 0.2) is 0 Å². The number of amides is 2. The van der Waals surface area contributed by atoms with Crippen LogP contribution in [-0.4, -0.2) is 51.3 Å². The largest absolute Gasteiger partial charge is 0.361 e. The number of hydrogen-bond donors (Lipinski definition) is 2. The summed E-state index contributed by atoms with van der Waals surface area (Å²) in [6.07, 6.45) is 5.30. The summed E-state index contributed by atoms with van der Waals surface area (Å²) in [4.78, 5) is 17.3. The molecular formula is C18H24FN3O2S. The Labute approximate surface area is 149 Å². The van der Waals surface area contributed by atoms with E-state index in [0.717, 1.165) is 29.3 Å². The summed E-state index contributed by atoms with van der Waals surface area (Å²) in [5.41, 5.74) is 2.07. The standard InChI is InChI=1S/C18H24FN3O2S/c1-12(11-25(2)24)21-18(23)22-7-5-13(6-8-22)16-10-20-17-4-3-14(19)9-15(16)17/h3-4,9-10,12-13,20H,5-8,11H2,1-2H3,(H,21,23). The number of rotatable bonds is 4. The van der Waals surface area contributed by atoms with Gasteiger partial charge >= 0.3 is 6.03 Å². The van der Waals surface area contributed by atoms with Gasteiger partial charge in [-0.3, -0.25) is 4.21 Å². The predicted molar refractivity (Wildman–Crippen MR) is 98.7 cm³/mol. The first-order chi connectivity index (χ1) is 11.9. The van der Waals surface area contributed by atoms with Crippen LogP contribution in [0.2, 0.25) is 0 Å². The van der Waals surface area contributed by atoms with Gasteiger partial charge in [0.1, 0.15) is 5.82 Å². The van der Waals surface area contributed by atoms with Crippen molar-refractivity contribution >= 4 is 27.7 Å². The van der Waals surface area contributed by atoms with Gasteiger partial charge in [-0.15, -0.1) is 0 Å². The summed E-state index contributed by atoms with van der Waals surface area (Å²) in [7, 11) is -0.926. The van der Waals surface area contributed by atoms with Crippen LogP contribution in [0.3, 0.4) is 0 Å². The van der Waals surface area contributed by atoms with Gasteiger partial charge in [0, 0.05) is 59.0 Å². The maximum atomic E-state index is 13.5. The van der Waals surface area contributed by atoms with E-state index in [1.165, 1.54) is 6.07 Å². The van der Waals surface area contributed by atoms with E-state index in [9.17, 15) is 13.4 Å². The van der Waals surface area contributed by atoms with Gasteiger partial charge in [-0.1, -0.05) is 0 Å². The molecule has 0 radical (unpaired) electrons. The Bertz CT molecular complexity index is 784. The molecule has 1 aromatic carbocycles. The number of aromatic nitrogens is 1. The first kappa shape index (κ1) is 17.9. The molecule has 2 unspecified atom stereocenters. The number of urea groups is 1. The van der Waals surface area contributed by atoms with Gasteiger partial charge in [-0.2, -0.15) is 0 Å². The van der Waals surface area contributed by atoms with Crippen LogP contribution in [0.25, 0.3) is 10.9 Å². The maximum absolute atomic E-state index is 13.5. The maximum Gasteiger partial charge on any atom is 0.317 e. The summed E-state index contributed by atoms with van der Waals surface area (Å²) in [5, 5.41) is 3.84. The summed E-state index contributed by atoms with van der Waals surface area (Å²) in [5.74, 6) is 0.552. The minimum Gasteiger partial charge on any atom is -0.361 e. The van der Waals surface area contributed by atoms with Crippen LogP contribution in [0.15, 0.2) is 24.4 Å². The molecule has 1 fully saturated rings. The van der Waals surface area contributed by atoms with Crippen LogP contribution in [0.4, 0.5) is 9.18 Å². The molecule has 2 aromatic rings. The SMILES string of the molecule is CC(CS(C)=O)NC(=O)N1CCC(c2c[nH]c3ccc(F)cc23)CC1. The molecule has 2 N–H and O–H groups in total. The molecule has 7 heteroatoms. The zero-order valence-corrected chi connectivity index (χ0v) is 15.4. The summed E-state index contributed by atoms with van der Waals surface area (Å²) < 4.78 is 24.8. The average Bonchev–Trinajstić information content (AvgIpc) is 2.97. The number of nitrogens with one attached hydrogen (secondary N) is 2. The van der Waals surface area contributed by atoms with Gasteiger partial charge < -0.3 is 15.2 Å². The number of fused-ring (bicyclic) bond motifs is 1. The van der Waals surface area contributed by atoms with Crippen LogP contribution in [0.1, 0.15) is 31.2 Å². The minimum absolute atomic E-state index is 0.0960. The zero-order chi connectivity index (χ0) is 18.0. The lowest BCUT2D eigenvalue weighted by Gasteiger charge is -2.32. The molecule has 1 aromatic heterocycles. The van der Waals surface area contributed by atoms with Crippen molar-refractivity contribution in [1.82, 2.24) is 15.2 Å². The molecule has 0 aliphatic carbocycles. The van der Waals surface area contributed by atoms with Crippen LogP contribution in [0.5, 0.6) is 0 Å². The Balaban J connectivity index is 1.60. The molecule has 136 valence electrons. The molecular weight excluding hydrogens is 341 g/mol. The number of likely N-dealkylation sites (tertiary alicyclic amines) is 1. The fraction of sp³-hybridized carbons (Fsp3) is 0.500. The van der Waals surface area contributed by atoms with E-state index in [1.54, 1.807) is 23.3 Å². The van der Waals surface area contributed by atoms with Crippen molar-refractivity contribution in [2.75, 3.05) is 25.1 Å². The number of piperidine rings is 1. The van der Waals surface area contributed by atoms with Crippen LogP contribution in [-0.2, 0) is 10.8 Å². The van der Waals surface area contributed by atoms with Crippen molar-refractivity contribution in [3.63, 3.8) is 0 Å². The third kappa shape index (κ3) is 4.21. The van der Waals surface area contributed by atoms with Crippen molar-refractivity contribution in [3.8, 4) is 0 Å². The molecule has 1 aliphatic heterocycles. The monoisotopic (exact) mass is 365 g/mol. The highest BCUT2D eigenvalue weighted by Gasteiger charge is 2.26. The first-order valence-electron chi connectivity index (χ1n) is 8.56. The second-order valence-corrected chi connectivity index (χ2v) is 8.27. The lowest BCUT2D eigenvalue weighted by atomic mass is 9.89. The number of nitrogens with zero attached hydrogens (tertiary/aromatic N) is 1. The van der Waals surface area contributed by atoms with Crippen molar-refractivity contribution in [3.05, 3.63) is 35.8 Å². The Kier molecular flexibility index (Phi) is 5.42. The van der Waals surface area contributed by atoms with Crippen molar-refractivity contribution < 1.29 is 13.4 Å². The van der Waals surface area contributed by atoms with Gasteiger partial charge in [0.25, 0.3) is 0 Å². The third-order valence-electron chi connectivity index (χ3n) is 4.75. The quantitative estimate of drug-likeness (QED) is 0.875. The molecule has 5 nitrogen and oxygen atoms in total. The van der Waals surface area contributed by atoms with Crippen LogP contribution in [0, 0.1) is 5.82 Å². The average molecular weight is 365 g/mol. The van der Waals surface area contributed by atoms with E-state index in [4.69, 9.17) is 0 Å². The lowest BCUT2D eigenvalue weighted by Crippen LogP contribution is -2.48. The lowest BCUT2D eigenvalue weighted by molar-refractivity contribution is 0.179. The summed E-state index contributed by atoms with van der Waals surface area (Å²) >= 11 is 0. The number of halogens is 1. The van der Waals surface area contributed by atoms with E-state index >= 15 is 0 Å². The predicted octanol–water partition coefficient (Wildman–Crippen LogP) is 2.96. The van der Waals surface area contributed by atoms with Gasteiger partial charge in [-0.05, 0) is 49.4 Å². The molecule has 1 aliphatic rings. The number of benzene rings is 1. The number of hydrogen-bond acceptors (Lipinski definition) is 2. The highest BCUT2D eigenvalue weighted by Crippen LogP contribution is 2.33. The smallest absolute Gasteiger partial charge is 0.317 e. The second kappa shape index (κ2) is 7.56. The van der Waals surface area contributed by atoms with Crippen molar-refractivity contribution in [2.45, 2.75) is 31.7 Å². The van der Waals surface area contributed by atoms with Gasteiger partial charge in [-0.25, -0.2) is 9.18 Å². The molecule has 0 saturated carbocycles. The minimum atomic E-state index is -0.926. The highest BCUT2D eigenvalue weighted by atomic mass is 32.2. The topological polar surface area (TPSA) is 65.2 Å². The van der Waals surface area contributed by atoms with E-state index in [-0.39, 0.29) is 17.9 Å². The van der Waals surface area contributed by atoms with Gasteiger partial charge in [0.2, 0.25) is 0 Å². The second-order valence-electron chi connectivity index (χ2n) is 6.79. The zero-order valence-electron chi connectivity index (χ0n) is 14.5. The number of carbonyl (C=O) groups is 1. The fourth-order valence-electron chi connectivity index (χ4n) is 3.54.